The zero-order valence-corrected chi connectivity index (χ0v) is 48.1. The molecule has 0 aliphatic heterocycles. The smallest absolute Gasteiger partial charge is 0.220 e. The Hall–Kier alpha value is -3.21. The van der Waals surface area contributed by atoms with Crippen molar-refractivity contribution in [2.75, 3.05) is 6.61 Å². The number of carbonyl (C=O) groups is 1. The van der Waals surface area contributed by atoms with E-state index < -0.39 is 12.1 Å². The van der Waals surface area contributed by atoms with Crippen molar-refractivity contribution in [2.24, 2.45) is 0 Å². The zero-order valence-electron chi connectivity index (χ0n) is 48.1. The molecule has 0 fully saturated rings. The van der Waals surface area contributed by atoms with Gasteiger partial charge < -0.3 is 15.5 Å². The van der Waals surface area contributed by atoms with E-state index in [1.165, 1.54) is 167 Å². The second-order valence-corrected chi connectivity index (χ2v) is 20.7. The molecular formula is C69H119NO3. The Morgan fingerprint density at radius 2 is 0.603 bits per heavy atom. The molecule has 2 atom stereocenters. The predicted molar refractivity (Wildman–Crippen MR) is 326 cm³/mol. The SMILES string of the molecule is CC/C=C\C/C=C\C/C=C\C/C=C\C/C=C\C/C=C\C/C=C\C/C=C\C/C=C\C/C=C\CCCCCCCCCCC(=O)NC(CO)C(O)CCCCCCCCCCCCCCCCCCCCCCCC. The maximum Gasteiger partial charge on any atom is 0.220 e. The van der Waals surface area contributed by atoms with E-state index in [4.69, 9.17) is 0 Å². The van der Waals surface area contributed by atoms with Crippen molar-refractivity contribution in [3.63, 3.8) is 0 Å². The van der Waals surface area contributed by atoms with Crippen LogP contribution in [0.1, 0.15) is 290 Å². The van der Waals surface area contributed by atoms with Crippen LogP contribution in [0, 0.1) is 0 Å². The molecular weight excluding hydrogens is 891 g/mol. The van der Waals surface area contributed by atoms with Crippen LogP contribution in [0.25, 0.3) is 0 Å². The number of carbonyl (C=O) groups excluding carboxylic acids is 1. The molecule has 0 aromatic heterocycles. The monoisotopic (exact) mass is 1010 g/mol. The minimum absolute atomic E-state index is 0.0417. The fourth-order valence-corrected chi connectivity index (χ4v) is 9.04. The summed E-state index contributed by atoms with van der Waals surface area (Å²) >= 11 is 0. The molecule has 4 nitrogen and oxygen atoms in total. The second kappa shape index (κ2) is 63.1. The summed E-state index contributed by atoms with van der Waals surface area (Å²) in [5.74, 6) is -0.0417. The van der Waals surface area contributed by atoms with Crippen molar-refractivity contribution in [1.29, 1.82) is 0 Å². The van der Waals surface area contributed by atoms with Crippen molar-refractivity contribution in [3.8, 4) is 0 Å². The van der Waals surface area contributed by atoms with Gasteiger partial charge in [-0.05, 0) is 89.9 Å². The van der Waals surface area contributed by atoms with E-state index >= 15 is 0 Å². The molecule has 2 unspecified atom stereocenters. The lowest BCUT2D eigenvalue weighted by molar-refractivity contribution is -0.123. The van der Waals surface area contributed by atoms with Gasteiger partial charge >= 0.3 is 0 Å². The number of aliphatic hydroxyl groups is 2. The largest absolute Gasteiger partial charge is 0.394 e. The van der Waals surface area contributed by atoms with Gasteiger partial charge in [-0.1, -0.05) is 315 Å². The number of hydrogen-bond acceptors (Lipinski definition) is 3. The second-order valence-electron chi connectivity index (χ2n) is 20.7. The number of amides is 1. The van der Waals surface area contributed by atoms with Gasteiger partial charge in [0.2, 0.25) is 5.91 Å². The van der Waals surface area contributed by atoms with Gasteiger partial charge in [0.1, 0.15) is 0 Å². The average Bonchev–Trinajstić information content (AvgIpc) is 3.40. The molecule has 0 aromatic carbocycles. The van der Waals surface area contributed by atoms with Crippen LogP contribution in [0.5, 0.6) is 0 Å². The molecule has 0 aliphatic carbocycles. The van der Waals surface area contributed by atoms with Gasteiger partial charge in [-0.15, -0.1) is 0 Å². The summed E-state index contributed by atoms with van der Waals surface area (Å²) in [7, 11) is 0. The molecule has 0 heterocycles. The summed E-state index contributed by atoms with van der Waals surface area (Å²) < 4.78 is 0. The van der Waals surface area contributed by atoms with E-state index in [1.54, 1.807) is 0 Å². The highest BCUT2D eigenvalue weighted by Gasteiger charge is 2.20. The van der Waals surface area contributed by atoms with E-state index in [0.717, 1.165) is 96.3 Å². The quantitative estimate of drug-likeness (QED) is 0.0420. The summed E-state index contributed by atoms with van der Waals surface area (Å²) in [6.07, 6.45) is 96.3. The first kappa shape index (κ1) is 69.8. The summed E-state index contributed by atoms with van der Waals surface area (Å²) in [4.78, 5) is 12.5. The third-order valence-electron chi connectivity index (χ3n) is 13.7. The number of rotatable bonds is 56. The lowest BCUT2D eigenvalue weighted by Gasteiger charge is -2.22. The minimum Gasteiger partial charge on any atom is -0.394 e. The molecule has 1 amide bonds. The lowest BCUT2D eigenvalue weighted by Crippen LogP contribution is -2.45. The van der Waals surface area contributed by atoms with Gasteiger partial charge in [0.25, 0.3) is 0 Å². The first-order valence-corrected chi connectivity index (χ1v) is 31.2. The van der Waals surface area contributed by atoms with Gasteiger partial charge in [-0.3, -0.25) is 4.79 Å². The van der Waals surface area contributed by atoms with Crippen LogP contribution in [-0.2, 0) is 4.79 Å². The van der Waals surface area contributed by atoms with Crippen molar-refractivity contribution >= 4 is 5.91 Å². The number of unbranched alkanes of at least 4 members (excludes halogenated alkanes) is 29. The van der Waals surface area contributed by atoms with Crippen LogP contribution in [0.3, 0.4) is 0 Å². The first-order valence-electron chi connectivity index (χ1n) is 31.2. The van der Waals surface area contributed by atoms with Crippen molar-refractivity contribution in [3.05, 3.63) is 122 Å². The van der Waals surface area contributed by atoms with E-state index in [2.05, 4.69) is 141 Å². The minimum atomic E-state index is -0.672. The fraction of sp³-hybridized carbons (Fsp3) is 0.696. The Morgan fingerprint density at radius 3 is 0.904 bits per heavy atom. The number of hydrogen-bond donors (Lipinski definition) is 3. The standard InChI is InChI=1S/C69H119NO3/c1-3-5-7-9-11-13-15-17-19-21-23-25-27-28-29-30-31-32-33-34-35-36-37-38-39-40-41-42-43-45-47-49-51-53-55-57-59-61-63-65-69(73)70-67(66-71)68(72)64-62-60-58-56-54-52-50-48-46-44-26-24-22-20-18-16-14-12-10-8-6-4-2/h5,7,11,13,17,19,23,25,28-29,31-32,34-35,37-38,40-41,43,45,67-68,71-72H,3-4,6,8-10,12,14-16,18,20-22,24,26-27,30,33,36,39,42,44,46-66H2,1-2H3,(H,70,73)/b7-5-,13-11-,19-17-,25-23-,29-28-,32-31-,35-34-,38-37-,41-40-,45-43-. The molecule has 0 bridgehead atoms. The van der Waals surface area contributed by atoms with Crippen LogP contribution in [0.2, 0.25) is 0 Å². The molecule has 4 heteroatoms. The molecule has 0 aliphatic rings. The van der Waals surface area contributed by atoms with Crippen LogP contribution < -0.4 is 5.32 Å². The lowest BCUT2D eigenvalue weighted by atomic mass is 10.0. The number of aliphatic hydroxyl groups excluding tert-OH is 2. The van der Waals surface area contributed by atoms with Crippen molar-refractivity contribution in [2.45, 2.75) is 302 Å². The van der Waals surface area contributed by atoms with Crippen molar-refractivity contribution < 1.29 is 15.0 Å². The third kappa shape index (κ3) is 59.5. The van der Waals surface area contributed by atoms with Crippen LogP contribution in [0.15, 0.2) is 122 Å². The third-order valence-corrected chi connectivity index (χ3v) is 13.7. The van der Waals surface area contributed by atoms with Gasteiger partial charge in [-0.25, -0.2) is 0 Å². The Balaban J connectivity index is 3.58. The molecule has 0 radical (unpaired) electrons. The highest BCUT2D eigenvalue weighted by atomic mass is 16.3. The number of nitrogens with one attached hydrogen (secondary N) is 1. The highest BCUT2D eigenvalue weighted by molar-refractivity contribution is 5.76. The molecule has 0 spiro atoms. The van der Waals surface area contributed by atoms with Crippen molar-refractivity contribution in [1.82, 2.24) is 5.32 Å². The summed E-state index contributed by atoms with van der Waals surface area (Å²) in [5, 5.41) is 23.4. The Labute approximate surface area is 454 Å². The maximum absolute atomic E-state index is 12.5. The number of allylic oxidation sites excluding steroid dienone is 20. The van der Waals surface area contributed by atoms with Crippen LogP contribution in [0.4, 0.5) is 0 Å². The molecule has 73 heavy (non-hydrogen) atoms. The normalized spacial score (nSPS) is 13.6. The average molecular weight is 1010 g/mol. The van der Waals surface area contributed by atoms with E-state index in [1.807, 2.05) is 0 Å². The Bertz CT molecular complexity index is 1420. The van der Waals surface area contributed by atoms with E-state index in [9.17, 15) is 15.0 Å². The van der Waals surface area contributed by atoms with Gasteiger partial charge in [0, 0.05) is 6.42 Å². The van der Waals surface area contributed by atoms with Gasteiger partial charge in [0.15, 0.2) is 0 Å². The van der Waals surface area contributed by atoms with Crippen LogP contribution >= 0.6 is 0 Å². The van der Waals surface area contributed by atoms with Crippen LogP contribution in [-0.4, -0.2) is 34.9 Å². The first-order chi connectivity index (χ1) is 36.2. The Kier molecular flexibility index (Phi) is 60.3. The summed E-state index contributed by atoms with van der Waals surface area (Å²) in [6.45, 7) is 4.26. The summed E-state index contributed by atoms with van der Waals surface area (Å²) in [6, 6.07) is -0.550. The van der Waals surface area contributed by atoms with Gasteiger partial charge in [-0.2, -0.15) is 0 Å². The molecule has 418 valence electrons. The predicted octanol–water partition coefficient (Wildman–Crippen LogP) is 21.2. The maximum atomic E-state index is 12.5. The van der Waals surface area contributed by atoms with E-state index in [-0.39, 0.29) is 12.5 Å². The topological polar surface area (TPSA) is 69.6 Å². The van der Waals surface area contributed by atoms with E-state index in [0.29, 0.717) is 12.8 Å². The molecule has 0 aromatic rings. The summed E-state index contributed by atoms with van der Waals surface area (Å²) in [5.41, 5.74) is 0. The Morgan fingerprint density at radius 1 is 0.342 bits per heavy atom. The molecule has 3 N–H and O–H groups in total. The fourth-order valence-electron chi connectivity index (χ4n) is 9.04. The highest BCUT2D eigenvalue weighted by Crippen LogP contribution is 2.17. The molecule has 0 saturated carbocycles. The zero-order chi connectivity index (χ0) is 52.7. The molecule has 0 rings (SSSR count). The molecule has 0 saturated heterocycles. The van der Waals surface area contributed by atoms with Gasteiger partial charge in [0.05, 0.1) is 18.8 Å².